The molecule has 9 heteroatoms. The number of hydrogen-bond acceptors (Lipinski definition) is 7. The Kier molecular flexibility index (Phi) is 3.42. The maximum atomic E-state index is 5.84. The summed E-state index contributed by atoms with van der Waals surface area (Å²) in [4.78, 5) is 6.92. The molecule has 2 aliphatic rings. The third-order valence-electron chi connectivity index (χ3n) is 4.86. The predicted octanol–water partition coefficient (Wildman–Crippen LogP) is 2.85. The van der Waals surface area contributed by atoms with Gasteiger partial charge in [0.05, 0.1) is 13.1 Å². The van der Waals surface area contributed by atoms with Crippen LogP contribution in [0.5, 0.6) is 0 Å². The number of fused-ring (bicyclic) bond motifs is 1. The molecule has 5 rings (SSSR count). The molecular formula is C16H17ClN6O2. The summed E-state index contributed by atoms with van der Waals surface area (Å²) in [5.74, 6) is 4.16. The number of aromatic nitrogens is 5. The standard InChI is InChI=1S/C16H17ClN6O2/c1-9-19-20-14-8-22(6-10-2-3-10)11(7-23(9)14)16-18-15(21-25-16)12-4-5-13(17)24-12/h4-5,10-11H,2-3,6-8H2,1H3. The van der Waals surface area contributed by atoms with Crippen molar-refractivity contribution in [3.63, 3.8) is 0 Å². The van der Waals surface area contributed by atoms with E-state index < -0.39 is 0 Å². The third kappa shape index (κ3) is 2.75. The van der Waals surface area contributed by atoms with Gasteiger partial charge < -0.3 is 13.5 Å². The topological polar surface area (TPSA) is 86.0 Å². The van der Waals surface area contributed by atoms with Crippen LogP contribution < -0.4 is 0 Å². The molecule has 1 unspecified atom stereocenters. The Hall–Kier alpha value is -2.19. The molecule has 0 spiro atoms. The number of furan rings is 1. The third-order valence-corrected chi connectivity index (χ3v) is 5.07. The van der Waals surface area contributed by atoms with Crippen LogP contribution in [0.1, 0.15) is 36.4 Å². The molecule has 0 bridgehead atoms. The monoisotopic (exact) mass is 360 g/mol. The molecule has 3 aromatic rings. The highest BCUT2D eigenvalue weighted by atomic mass is 35.5. The van der Waals surface area contributed by atoms with Gasteiger partial charge in [0, 0.05) is 6.54 Å². The van der Waals surface area contributed by atoms with Gasteiger partial charge in [0.25, 0.3) is 0 Å². The van der Waals surface area contributed by atoms with E-state index in [1.54, 1.807) is 12.1 Å². The molecule has 1 atom stereocenters. The smallest absolute Gasteiger partial charge is 0.246 e. The van der Waals surface area contributed by atoms with Crippen LogP contribution >= 0.6 is 11.6 Å². The van der Waals surface area contributed by atoms with E-state index in [-0.39, 0.29) is 6.04 Å². The number of hydrogen-bond donors (Lipinski definition) is 0. The van der Waals surface area contributed by atoms with Crippen LogP contribution in [-0.2, 0) is 13.1 Å². The van der Waals surface area contributed by atoms with Crippen molar-refractivity contribution in [2.24, 2.45) is 5.92 Å². The molecule has 1 fully saturated rings. The van der Waals surface area contributed by atoms with E-state index in [4.69, 9.17) is 20.5 Å². The first kappa shape index (κ1) is 15.1. The van der Waals surface area contributed by atoms with E-state index in [9.17, 15) is 0 Å². The Balaban J connectivity index is 1.47. The first-order valence-corrected chi connectivity index (χ1v) is 8.77. The van der Waals surface area contributed by atoms with Gasteiger partial charge >= 0.3 is 0 Å². The minimum Gasteiger partial charge on any atom is -0.441 e. The van der Waals surface area contributed by atoms with Gasteiger partial charge in [0.2, 0.25) is 11.7 Å². The van der Waals surface area contributed by atoms with Crippen LogP contribution in [0.15, 0.2) is 21.1 Å². The van der Waals surface area contributed by atoms with E-state index in [2.05, 4.69) is 29.8 Å². The van der Waals surface area contributed by atoms with E-state index in [1.165, 1.54) is 12.8 Å². The zero-order valence-electron chi connectivity index (χ0n) is 13.7. The Bertz CT molecular complexity index is 912. The summed E-state index contributed by atoms with van der Waals surface area (Å²) in [6.45, 7) is 4.43. The lowest BCUT2D eigenvalue weighted by atomic mass is 10.1. The van der Waals surface area contributed by atoms with E-state index in [0.717, 1.165) is 30.7 Å². The van der Waals surface area contributed by atoms with Gasteiger partial charge in [0.15, 0.2) is 11.0 Å². The molecule has 8 nitrogen and oxygen atoms in total. The summed E-state index contributed by atoms with van der Waals surface area (Å²) < 4.78 is 13.1. The molecular weight excluding hydrogens is 344 g/mol. The summed E-state index contributed by atoms with van der Waals surface area (Å²) in [6.07, 6.45) is 2.57. The lowest BCUT2D eigenvalue weighted by Crippen LogP contribution is -2.38. The fourth-order valence-electron chi connectivity index (χ4n) is 3.32. The van der Waals surface area contributed by atoms with Crippen molar-refractivity contribution in [3.8, 4) is 11.6 Å². The van der Waals surface area contributed by atoms with Gasteiger partial charge in [-0.2, -0.15) is 4.98 Å². The van der Waals surface area contributed by atoms with Crippen molar-refractivity contribution in [2.75, 3.05) is 6.54 Å². The van der Waals surface area contributed by atoms with Crippen molar-refractivity contribution >= 4 is 11.6 Å². The Morgan fingerprint density at radius 1 is 1.28 bits per heavy atom. The molecule has 0 amide bonds. The summed E-state index contributed by atoms with van der Waals surface area (Å²) in [5.41, 5.74) is 0. The van der Waals surface area contributed by atoms with Gasteiger partial charge in [-0.3, -0.25) is 4.90 Å². The van der Waals surface area contributed by atoms with Crippen molar-refractivity contribution in [1.29, 1.82) is 0 Å². The van der Waals surface area contributed by atoms with E-state index >= 15 is 0 Å². The van der Waals surface area contributed by atoms with Gasteiger partial charge in [-0.05, 0) is 49.4 Å². The first-order valence-electron chi connectivity index (χ1n) is 8.39. The highest BCUT2D eigenvalue weighted by Crippen LogP contribution is 2.36. The number of rotatable bonds is 4. The Morgan fingerprint density at radius 3 is 2.92 bits per heavy atom. The van der Waals surface area contributed by atoms with Crippen LogP contribution in [-0.4, -0.2) is 36.3 Å². The second-order valence-electron chi connectivity index (χ2n) is 6.72. The molecule has 1 aliphatic carbocycles. The van der Waals surface area contributed by atoms with Crippen LogP contribution in [0, 0.1) is 12.8 Å². The predicted molar refractivity (Wildman–Crippen MR) is 87.6 cm³/mol. The summed E-state index contributed by atoms with van der Waals surface area (Å²) in [7, 11) is 0. The van der Waals surface area contributed by atoms with Crippen LogP contribution in [0.3, 0.4) is 0 Å². The van der Waals surface area contributed by atoms with E-state index in [0.29, 0.717) is 29.2 Å². The SMILES string of the molecule is Cc1nnc2n1CC(c1nc(-c3ccc(Cl)o3)no1)N(CC1CC1)C2. The number of aryl methyl sites for hydroxylation is 1. The zero-order chi connectivity index (χ0) is 17.0. The molecule has 4 heterocycles. The lowest BCUT2D eigenvalue weighted by molar-refractivity contribution is 0.102. The summed E-state index contributed by atoms with van der Waals surface area (Å²) in [6, 6.07) is 3.41. The number of nitrogens with zero attached hydrogens (tertiary/aromatic N) is 6. The van der Waals surface area contributed by atoms with Crippen molar-refractivity contribution in [2.45, 2.75) is 38.9 Å². The van der Waals surface area contributed by atoms with Crippen LogP contribution in [0.2, 0.25) is 5.22 Å². The maximum absolute atomic E-state index is 5.84. The van der Waals surface area contributed by atoms with Crippen molar-refractivity contribution in [3.05, 3.63) is 34.9 Å². The lowest BCUT2D eigenvalue weighted by Gasteiger charge is -2.33. The summed E-state index contributed by atoms with van der Waals surface area (Å²) in [5, 5.41) is 12.9. The fraction of sp³-hybridized carbons (Fsp3) is 0.500. The van der Waals surface area contributed by atoms with Gasteiger partial charge in [-0.1, -0.05) is 5.16 Å². The fourth-order valence-corrected chi connectivity index (χ4v) is 3.47. The Morgan fingerprint density at radius 2 is 2.16 bits per heavy atom. The van der Waals surface area contributed by atoms with Crippen LogP contribution in [0.25, 0.3) is 11.6 Å². The Labute approximate surface area is 148 Å². The first-order chi connectivity index (χ1) is 12.2. The maximum Gasteiger partial charge on any atom is 0.246 e. The van der Waals surface area contributed by atoms with E-state index in [1.807, 2.05) is 6.92 Å². The second-order valence-corrected chi connectivity index (χ2v) is 7.10. The molecule has 1 saturated carbocycles. The largest absolute Gasteiger partial charge is 0.441 e. The van der Waals surface area contributed by atoms with Gasteiger partial charge in [-0.25, -0.2) is 0 Å². The molecule has 130 valence electrons. The van der Waals surface area contributed by atoms with Crippen molar-refractivity contribution < 1.29 is 8.94 Å². The highest BCUT2D eigenvalue weighted by molar-refractivity contribution is 6.28. The number of halogens is 1. The molecule has 0 saturated heterocycles. The van der Waals surface area contributed by atoms with Crippen molar-refractivity contribution in [1.82, 2.24) is 29.8 Å². The second kappa shape index (κ2) is 5.67. The molecule has 0 aromatic carbocycles. The van der Waals surface area contributed by atoms with Crippen LogP contribution in [0.4, 0.5) is 0 Å². The minimum absolute atomic E-state index is 0.00878. The molecule has 0 radical (unpaired) electrons. The average Bonchev–Trinajstić information content (AvgIpc) is 2.98. The highest BCUT2D eigenvalue weighted by Gasteiger charge is 2.36. The molecule has 0 N–H and O–H groups in total. The summed E-state index contributed by atoms with van der Waals surface area (Å²) >= 11 is 5.84. The average molecular weight is 361 g/mol. The van der Waals surface area contributed by atoms with Gasteiger partial charge in [-0.15, -0.1) is 10.2 Å². The molecule has 1 aliphatic heterocycles. The molecule has 3 aromatic heterocycles. The quantitative estimate of drug-likeness (QED) is 0.707. The van der Waals surface area contributed by atoms with Gasteiger partial charge in [0.1, 0.15) is 17.7 Å². The zero-order valence-corrected chi connectivity index (χ0v) is 14.5. The normalized spacial score (nSPS) is 20.8. The molecule has 25 heavy (non-hydrogen) atoms. The minimum atomic E-state index is 0.00878.